The number of likely N-dealkylation sites (tertiary alicyclic amines) is 1. The minimum Gasteiger partial charge on any atom is -0.493 e. The molecule has 2 rings (SSSR count). The van der Waals surface area contributed by atoms with Crippen LogP contribution in [0.3, 0.4) is 0 Å². The number of carboxylic acid groups (broad SMARTS) is 1. The smallest absolute Gasteiger partial charge is 0.303 e. The third-order valence-corrected chi connectivity index (χ3v) is 5.60. The highest BCUT2D eigenvalue weighted by Crippen LogP contribution is 2.22. The largest absolute Gasteiger partial charge is 0.493 e. The number of nitrogens with zero attached hydrogens (tertiary/aromatic N) is 1. The minimum atomic E-state index is -3.24. The molecule has 1 amide bonds. The van der Waals surface area contributed by atoms with Gasteiger partial charge in [-0.1, -0.05) is 0 Å². The predicted molar refractivity (Wildman–Crippen MR) is 95.9 cm³/mol. The summed E-state index contributed by atoms with van der Waals surface area (Å²) >= 11 is 0. The average molecular weight is 383 g/mol. The Bertz CT molecular complexity index is 729. The van der Waals surface area contributed by atoms with Crippen LogP contribution in [0.25, 0.3) is 0 Å². The summed E-state index contributed by atoms with van der Waals surface area (Å²) in [5, 5.41) is 8.85. The van der Waals surface area contributed by atoms with Gasteiger partial charge in [0.25, 0.3) is 0 Å². The van der Waals surface area contributed by atoms with E-state index in [-0.39, 0.29) is 36.3 Å². The topological polar surface area (TPSA) is 101 Å². The summed E-state index contributed by atoms with van der Waals surface area (Å²) in [7, 11) is -3.24. The number of sulfone groups is 1. The Balaban J connectivity index is 1.84. The molecule has 0 radical (unpaired) electrons. The van der Waals surface area contributed by atoms with Crippen molar-refractivity contribution in [1.29, 1.82) is 0 Å². The number of rotatable bonds is 8. The van der Waals surface area contributed by atoms with E-state index in [0.29, 0.717) is 18.7 Å². The van der Waals surface area contributed by atoms with Crippen molar-refractivity contribution >= 4 is 21.7 Å². The van der Waals surface area contributed by atoms with Gasteiger partial charge in [0.05, 0.1) is 17.9 Å². The standard InChI is InChI=1S/C18H25NO6S/c1-26(23,24)16-8-6-15(7-9-16)25-13-11-17(20)19-12-3-2-4-14(19)5-10-18(21)22/h6-9,14H,2-5,10-13H2,1H3,(H,21,22). The maximum Gasteiger partial charge on any atom is 0.303 e. The third kappa shape index (κ3) is 6.01. The second-order valence-electron chi connectivity index (χ2n) is 6.51. The molecular formula is C18H25NO6S. The highest BCUT2D eigenvalue weighted by atomic mass is 32.2. The van der Waals surface area contributed by atoms with Crippen LogP contribution in [-0.4, -0.2) is 55.7 Å². The van der Waals surface area contributed by atoms with Crippen LogP contribution >= 0.6 is 0 Å². The Morgan fingerprint density at radius 1 is 1.19 bits per heavy atom. The van der Waals surface area contributed by atoms with Crippen molar-refractivity contribution in [3.8, 4) is 5.75 Å². The SMILES string of the molecule is CS(=O)(=O)c1ccc(OCCC(=O)N2CCCCC2CCC(=O)O)cc1. The van der Waals surface area contributed by atoms with Gasteiger partial charge in [0.1, 0.15) is 5.75 Å². The summed E-state index contributed by atoms with van der Waals surface area (Å²) in [4.78, 5) is 25.2. The van der Waals surface area contributed by atoms with Crippen LogP contribution in [0.2, 0.25) is 0 Å². The first kappa shape index (κ1) is 20.2. The second kappa shape index (κ2) is 9.02. The lowest BCUT2D eigenvalue weighted by Crippen LogP contribution is -2.44. The highest BCUT2D eigenvalue weighted by Gasteiger charge is 2.26. The van der Waals surface area contributed by atoms with Crippen molar-refractivity contribution in [1.82, 2.24) is 4.90 Å². The number of carbonyl (C=O) groups excluding carboxylic acids is 1. The molecule has 1 atom stereocenters. The molecule has 144 valence electrons. The van der Waals surface area contributed by atoms with E-state index in [2.05, 4.69) is 0 Å². The molecule has 1 aliphatic heterocycles. The molecule has 1 aromatic carbocycles. The van der Waals surface area contributed by atoms with Crippen LogP contribution < -0.4 is 4.74 Å². The van der Waals surface area contributed by atoms with Crippen LogP contribution in [0.1, 0.15) is 38.5 Å². The van der Waals surface area contributed by atoms with E-state index < -0.39 is 15.8 Å². The molecule has 0 aromatic heterocycles. The molecule has 0 spiro atoms. The zero-order valence-corrected chi connectivity index (χ0v) is 15.7. The number of carboxylic acids is 1. The lowest BCUT2D eigenvalue weighted by atomic mass is 9.97. The first-order chi connectivity index (χ1) is 12.3. The number of carbonyl (C=O) groups is 2. The lowest BCUT2D eigenvalue weighted by molar-refractivity contribution is -0.140. The number of hydrogen-bond donors (Lipinski definition) is 1. The van der Waals surface area contributed by atoms with Crippen molar-refractivity contribution < 1.29 is 27.9 Å². The zero-order valence-electron chi connectivity index (χ0n) is 14.9. The van der Waals surface area contributed by atoms with Gasteiger partial charge in [-0.05, 0) is 49.9 Å². The summed E-state index contributed by atoms with van der Waals surface area (Å²) in [6, 6.07) is 6.06. The summed E-state index contributed by atoms with van der Waals surface area (Å²) in [6.45, 7) is 0.853. The van der Waals surface area contributed by atoms with Gasteiger partial charge >= 0.3 is 5.97 Å². The quantitative estimate of drug-likeness (QED) is 0.738. The summed E-state index contributed by atoms with van der Waals surface area (Å²) in [5.74, 6) is -0.372. The van der Waals surface area contributed by atoms with E-state index in [1.807, 2.05) is 0 Å². The lowest BCUT2D eigenvalue weighted by Gasteiger charge is -2.35. The fourth-order valence-corrected chi connectivity index (χ4v) is 3.73. The van der Waals surface area contributed by atoms with Crippen LogP contribution in [0.5, 0.6) is 5.75 Å². The van der Waals surface area contributed by atoms with Gasteiger partial charge in [-0.15, -0.1) is 0 Å². The predicted octanol–water partition coefficient (Wildman–Crippen LogP) is 2.10. The van der Waals surface area contributed by atoms with Gasteiger partial charge in [0.2, 0.25) is 5.91 Å². The van der Waals surface area contributed by atoms with Crippen molar-refractivity contribution in [2.75, 3.05) is 19.4 Å². The van der Waals surface area contributed by atoms with Gasteiger partial charge in [-0.3, -0.25) is 9.59 Å². The number of piperidine rings is 1. The molecule has 1 unspecified atom stereocenters. The van der Waals surface area contributed by atoms with Crippen molar-refractivity contribution in [2.45, 2.75) is 49.5 Å². The van der Waals surface area contributed by atoms with Crippen molar-refractivity contribution in [2.24, 2.45) is 0 Å². The Hall–Kier alpha value is -2.09. The van der Waals surface area contributed by atoms with E-state index in [1.165, 1.54) is 12.1 Å². The second-order valence-corrected chi connectivity index (χ2v) is 8.53. The molecule has 8 heteroatoms. The monoisotopic (exact) mass is 383 g/mol. The summed E-state index contributed by atoms with van der Waals surface area (Å²) < 4.78 is 28.4. The van der Waals surface area contributed by atoms with Gasteiger partial charge in [-0.25, -0.2) is 8.42 Å². The van der Waals surface area contributed by atoms with Gasteiger partial charge in [0.15, 0.2) is 9.84 Å². The number of aliphatic carboxylic acids is 1. The molecule has 0 aliphatic carbocycles. The normalized spacial score (nSPS) is 17.7. The number of hydrogen-bond acceptors (Lipinski definition) is 5. The third-order valence-electron chi connectivity index (χ3n) is 4.48. The Labute approximate surface area is 153 Å². The Morgan fingerprint density at radius 3 is 2.50 bits per heavy atom. The molecule has 1 aliphatic rings. The molecule has 1 aromatic rings. The maximum atomic E-state index is 12.4. The molecule has 7 nitrogen and oxygen atoms in total. The average Bonchev–Trinajstić information content (AvgIpc) is 2.59. The van der Waals surface area contributed by atoms with Gasteiger partial charge in [-0.2, -0.15) is 0 Å². The number of benzene rings is 1. The first-order valence-corrected chi connectivity index (χ1v) is 10.6. The minimum absolute atomic E-state index is 0.0126. The van der Waals surface area contributed by atoms with Gasteiger partial charge < -0.3 is 14.7 Å². The van der Waals surface area contributed by atoms with Crippen molar-refractivity contribution in [3.05, 3.63) is 24.3 Å². The fraction of sp³-hybridized carbons (Fsp3) is 0.556. The molecule has 0 bridgehead atoms. The van der Waals surface area contributed by atoms with Crippen LogP contribution in [0, 0.1) is 0 Å². The number of amides is 1. The Kier molecular flexibility index (Phi) is 7.02. The maximum absolute atomic E-state index is 12.4. The zero-order chi connectivity index (χ0) is 19.2. The molecule has 0 saturated carbocycles. The van der Waals surface area contributed by atoms with Crippen LogP contribution in [0.4, 0.5) is 0 Å². The fourth-order valence-electron chi connectivity index (χ4n) is 3.10. The van der Waals surface area contributed by atoms with E-state index >= 15 is 0 Å². The molecule has 1 saturated heterocycles. The molecule has 1 N–H and O–H groups in total. The Morgan fingerprint density at radius 2 is 1.88 bits per heavy atom. The van der Waals surface area contributed by atoms with E-state index in [4.69, 9.17) is 9.84 Å². The molecule has 26 heavy (non-hydrogen) atoms. The molecule has 1 fully saturated rings. The summed E-state index contributed by atoms with van der Waals surface area (Å²) in [6.07, 6.45) is 4.68. The highest BCUT2D eigenvalue weighted by molar-refractivity contribution is 7.90. The molecular weight excluding hydrogens is 358 g/mol. The van der Waals surface area contributed by atoms with Gasteiger partial charge in [0, 0.05) is 25.3 Å². The van der Waals surface area contributed by atoms with Crippen molar-refractivity contribution in [3.63, 3.8) is 0 Å². The number of ether oxygens (including phenoxy) is 1. The summed E-state index contributed by atoms with van der Waals surface area (Å²) in [5.41, 5.74) is 0. The first-order valence-electron chi connectivity index (χ1n) is 8.71. The molecule has 1 heterocycles. The van der Waals surface area contributed by atoms with E-state index in [9.17, 15) is 18.0 Å². The van der Waals surface area contributed by atoms with E-state index in [1.54, 1.807) is 17.0 Å². The van der Waals surface area contributed by atoms with Crippen LogP contribution in [-0.2, 0) is 19.4 Å². The van der Waals surface area contributed by atoms with E-state index in [0.717, 1.165) is 25.5 Å². The van der Waals surface area contributed by atoms with Crippen LogP contribution in [0.15, 0.2) is 29.2 Å².